The molecule has 0 radical (unpaired) electrons. The molecule has 1 saturated heterocycles. The van der Waals surface area contributed by atoms with Crippen LogP contribution in [0.5, 0.6) is 5.75 Å². The number of carbonyl (C=O) groups excluding carboxylic acids is 1. The molecular weight excluding hydrogens is 390 g/mol. The number of β-amino-alcohol motifs (C(OH)–C–C–N with tert-alkyl or cyclic N) is 1. The zero-order valence-corrected chi connectivity index (χ0v) is 18.4. The van der Waals surface area contributed by atoms with E-state index in [1.165, 1.54) is 5.56 Å². The molecule has 2 fully saturated rings. The summed E-state index contributed by atoms with van der Waals surface area (Å²) in [5.41, 5.74) is 8.72. The van der Waals surface area contributed by atoms with Gasteiger partial charge in [-0.15, -0.1) is 0 Å². The highest BCUT2D eigenvalue weighted by atomic mass is 16.5. The van der Waals surface area contributed by atoms with Crippen molar-refractivity contribution in [2.45, 2.75) is 62.9 Å². The molecule has 2 aliphatic rings. The lowest BCUT2D eigenvalue weighted by atomic mass is 9.72. The van der Waals surface area contributed by atoms with Gasteiger partial charge >= 0.3 is 6.03 Å². The topological polar surface area (TPSA) is 79.0 Å². The van der Waals surface area contributed by atoms with Crippen LogP contribution in [0.4, 0.5) is 4.79 Å². The number of carbonyl (C=O) groups is 1. The third kappa shape index (κ3) is 4.14. The van der Waals surface area contributed by atoms with Crippen molar-refractivity contribution in [1.29, 1.82) is 0 Å². The molecule has 166 valence electrons. The maximum atomic E-state index is 13.4. The molecule has 4 rings (SSSR count). The number of ether oxygens (including phenoxy) is 1. The predicted octanol–water partition coefficient (Wildman–Crippen LogP) is 3.70. The number of hydrogen-bond acceptors (Lipinski definition) is 4. The van der Waals surface area contributed by atoms with Crippen molar-refractivity contribution in [3.8, 4) is 5.75 Å². The van der Waals surface area contributed by atoms with E-state index in [4.69, 9.17) is 10.5 Å². The lowest BCUT2D eigenvalue weighted by Crippen LogP contribution is -2.58. The van der Waals surface area contributed by atoms with Gasteiger partial charge in [-0.2, -0.15) is 0 Å². The van der Waals surface area contributed by atoms with Crippen LogP contribution < -0.4 is 10.5 Å². The van der Waals surface area contributed by atoms with Crippen molar-refractivity contribution in [2.75, 3.05) is 13.7 Å². The Bertz CT molecular complexity index is 877. The average molecular weight is 424 g/mol. The molecule has 2 amide bonds. The van der Waals surface area contributed by atoms with Crippen LogP contribution in [0, 0.1) is 0 Å². The van der Waals surface area contributed by atoms with Gasteiger partial charge in [-0.3, -0.25) is 0 Å². The van der Waals surface area contributed by atoms with Gasteiger partial charge in [-0.1, -0.05) is 42.5 Å². The van der Waals surface area contributed by atoms with E-state index in [0.717, 1.165) is 37.0 Å². The first kappa shape index (κ1) is 21.7. The fourth-order valence-electron chi connectivity index (χ4n) is 5.27. The minimum absolute atomic E-state index is 0.0811. The summed E-state index contributed by atoms with van der Waals surface area (Å²) in [5.74, 6) is 1.27. The first-order chi connectivity index (χ1) is 14.9. The standard InChI is InChI=1S/C25H33N3O3/c1-18(29)16-28-24(30)27(17-19-8-10-22(31-2)11-9-19)23(26)25(28)14-12-21(13-15-25)20-6-4-3-5-7-20/h3-11,18,21,23,29H,12-17,26H2,1-2H3/t18-,21?,23?,25?/m1/s1. The van der Waals surface area contributed by atoms with Gasteiger partial charge in [-0.25, -0.2) is 4.79 Å². The lowest BCUT2D eigenvalue weighted by molar-refractivity contribution is 0.0487. The number of rotatable bonds is 6. The van der Waals surface area contributed by atoms with Crippen molar-refractivity contribution in [2.24, 2.45) is 5.73 Å². The number of methoxy groups -OCH3 is 1. The Morgan fingerprint density at radius 2 is 1.77 bits per heavy atom. The SMILES string of the molecule is COc1ccc(CN2C(=O)N(C[C@@H](C)O)C3(CCC(c4ccccc4)CC3)C2N)cc1. The van der Waals surface area contributed by atoms with Crippen LogP contribution in [0.25, 0.3) is 0 Å². The fraction of sp³-hybridized carbons (Fsp3) is 0.480. The average Bonchev–Trinajstić information content (AvgIpc) is 2.97. The van der Waals surface area contributed by atoms with Gasteiger partial charge < -0.3 is 25.4 Å². The highest BCUT2D eigenvalue weighted by Crippen LogP contribution is 2.46. The highest BCUT2D eigenvalue weighted by molar-refractivity contribution is 5.79. The maximum absolute atomic E-state index is 13.4. The summed E-state index contributed by atoms with van der Waals surface area (Å²) in [6.07, 6.45) is 2.64. The Morgan fingerprint density at radius 1 is 1.13 bits per heavy atom. The minimum Gasteiger partial charge on any atom is -0.497 e. The molecule has 1 saturated carbocycles. The molecule has 6 heteroatoms. The van der Waals surface area contributed by atoms with Crippen molar-refractivity contribution in [1.82, 2.24) is 9.80 Å². The number of nitrogens with zero attached hydrogens (tertiary/aromatic N) is 2. The van der Waals surface area contributed by atoms with E-state index < -0.39 is 17.8 Å². The number of urea groups is 1. The van der Waals surface area contributed by atoms with Crippen LogP contribution in [0.1, 0.15) is 49.7 Å². The predicted molar refractivity (Wildman–Crippen MR) is 121 cm³/mol. The molecule has 31 heavy (non-hydrogen) atoms. The number of hydrogen-bond donors (Lipinski definition) is 2. The van der Waals surface area contributed by atoms with Crippen molar-refractivity contribution < 1.29 is 14.6 Å². The molecule has 0 aromatic heterocycles. The molecule has 2 aromatic rings. The molecule has 1 unspecified atom stereocenters. The van der Waals surface area contributed by atoms with Gasteiger partial charge in [-0.05, 0) is 61.8 Å². The van der Waals surface area contributed by atoms with Crippen LogP contribution >= 0.6 is 0 Å². The largest absolute Gasteiger partial charge is 0.497 e. The molecule has 0 bridgehead atoms. The molecule has 1 aliphatic carbocycles. The van der Waals surface area contributed by atoms with Gasteiger partial charge in [0, 0.05) is 13.1 Å². The van der Waals surface area contributed by atoms with Gasteiger partial charge in [0.05, 0.1) is 18.8 Å². The van der Waals surface area contributed by atoms with Crippen LogP contribution in [-0.4, -0.2) is 52.4 Å². The molecule has 1 heterocycles. The third-order valence-electron chi connectivity index (χ3n) is 6.98. The smallest absolute Gasteiger partial charge is 0.322 e. The summed E-state index contributed by atoms with van der Waals surface area (Å²) in [6, 6.07) is 18.2. The zero-order chi connectivity index (χ0) is 22.0. The van der Waals surface area contributed by atoms with Crippen LogP contribution in [0.3, 0.4) is 0 Å². The molecule has 1 aliphatic heterocycles. The van der Waals surface area contributed by atoms with E-state index in [1.54, 1.807) is 18.9 Å². The summed E-state index contributed by atoms with van der Waals surface area (Å²) < 4.78 is 5.24. The molecule has 2 aromatic carbocycles. The van der Waals surface area contributed by atoms with E-state index in [0.29, 0.717) is 19.0 Å². The summed E-state index contributed by atoms with van der Waals surface area (Å²) in [7, 11) is 1.64. The monoisotopic (exact) mass is 423 g/mol. The van der Waals surface area contributed by atoms with E-state index in [2.05, 4.69) is 24.3 Å². The van der Waals surface area contributed by atoms with Crippen molar-refractivity contribution in [3.05, 3.63) is 65.7 Å². The first-order valence-electron chi connectivity index (χ1n) is 11.1. The maximum Gasteiger partial charge on any atom is 0.322 e. The van der Waals surface area contributed by atoms with E-state index in [1.807, 2.05) is 35.2 Å². The van der Waals surface area contributed by atoms with E-state index in [-0.39, 0.29) is 6.03 Å². The van der Waals surface area contributed by atoms with Gasteiger partial charge in [0.15, 0.2) is 0 Å². The van der Waals surface area contributed by atoms with Crippen LogP contribution in [0.15, 0.2) is 54.6 Å². The summed E-state index contributed by atoms with van der Waals surface area (Å²) in [5, 5.41) is 10.1. The summed E-state index contributed by atoms with van der Waals surface area (Å²) in [4.78, 5) is 17.1. The number of aliphatic hydroxyl groups excluding tert-OH is 1. The molecule has 2 atom stereocenters. The molecule has 1 spiro atoms. The Hall–Kier alpha value is -2.57. The number of nitrogens with two attached hydrogens (primary N) is 1. The van der Waals surface area contributed by atoms with E-state index in [9.17, 15) is 9.90 Å². The Labute approximate surface area is 184 Å². The Morgan fingerprint density at radius 3 is 2.35 bits per heavy atom. The van der Waals surface area contributed by atoms with Gasteiger partial charge in [0.2, 0.25) is 0 Å². The molecule has 6 nitrogen and oxygen atoms in total. The Balaban J connectivity index is 1.56. The number of amides is 2. The van der Waals surface area contributed by atoms with Crippen LogP contribution in [-0.2, 0) is 6.54 Å². The van der Waals surface area contributed by atoms with Crippen LogP contribution in [0.2, 0.25) is 0 Å². The minimum atomic E-state index is -0.596. The number of benzene rings is 2. The van der Waals surface area contributed by atoms with Crippen molar-refractivity contribution >= 4 is 6.03 Å². The molecular formula is C25H33N3O3. The van der Waals surface area contributed by atoms with Crippen molar-refractivity contribution in [3.63, 3.8) is 0 Å². The zero-order valence-electron chi connectivity index (χ0n) is 18.4. The van der Waals surface area contributed by atoms with Gasteiger partial charge in [0.25, 0.3) is 0 Å². The highest BCUT2D eigenvalue weighted by Gasteiger charge is 2.56. The molecule has 3 N–H and O–H groups in total. The van der Waals surface area contributed by atoms with Gasteiger partial charge in [0.1, 0.15) is 11.9 Å². The normalized spacial score (nSPS) is 27.0. The second-order valence-corrected chi connectivity index (χ2v) is 8.95. The second-order valence-electron chi connectivity index (χ2n) is 8.95. The quantitative estimate of drug-likeness (QED) is 0.743. The first-order valence-corrected chi connectivity index (χ1v) is 11.1. The summed E-state index contributed by atoms with van der Waals surface area (Å²) in [6.45, 7) is 2.49. The third-order valence-corrected chi connectivity index (χ3v) is 6.98. The second kappa shape index (κ2) is 8.89. The fourth-order valence-corrected chi connectivity index (χ4v) is 5.27. The summed E-state index contributed by atoms with van der Waals surface area (Å²) >= 11 is 0. The van der Waals surface area contributed by atoms with E-state index >= 15 is 0 Å². The number of aliphatic hydroxyl groups is 1. The Kier molecular flexibility index (Phi) is 6.21. The lowest BCUT2D eigenvalue weighted by Gasteiger charge is -2.45.